The molecule has 2 aromatic rings. The molecule has 1 fully saturated rings. The van der Waals surface area contributed by atoms with E-state index in [1.165, 1.54) is 42.1 Å². The number of phenolic OH excluding ortho intramolecular Hbond substituents is 1. The van der Waals surface area contributed by atoms with Crippen molar-refractivity contribution in [2.45, 2.75) is 5.37 Å². The van der Waals surface area contributed by atoms with E-state index in [1.54, 1.807) is 12.1 Å². The largest absolute Gasteiger partial charge is 0.504 e. The lowest BCUT2D eigenvalue weighted by Crippen LogP contribution is -2.46. The molecule has 7 nitrogen and oxygen atoms in total. The van der Waals surface area contributed by atoms with Crippen molar-refractivity contribution in [3.63, 3.8) is 0 Å². The van der Waals surface area contributed by atoms with Gasteiger partial charge in [-0.05, 0) is 23.8 Å². The highest BCUT2D eigenvalue weighted by molar-refractivity contribution is 8.00. The Labute approximate surface area is 185 Å². The molecule has 2 aromatic carbocycles. The molecule has 3 rings (SSSR count). The molecule has 154 valence electrons. The minimum Gasteiger partial charge on any atom is -0.504 e. The zero-order valence-corrected chi connectivity index (χ0v) is 18.0. The maximum Gasteiger partial charge on any atom is 0.276 e. The van der Waals surface area contributed by atoms with Crippen molar-refractivity contribution in [3.8, 4) is 17.2 Å². The molecule has 2 amide bonds. The summed E-state index contributed by atoms with van der Waals surface area (Å²) >= 11 is 19.1. The minimum atomic E-state index is -0.557. The first-order chi connectivity index (χ1) is 13.8. The third-order valence-electron chi connectivity index (χ3n) is 3.94. The molecule has 1 aliphatic heterocycles. The summed E-state index contributed by atoms with van der Waals surface area (Å²) in [5.74, 6) is -0.197. The predicted octanol–water partition coefficient (Wildman–Crippen LogP) is 4.05. The Morgan fingerprint density at radius 2 is 1.93 bits per heavy atom. The van der Waals surface area contributed by atoms with Gasteiger partial charge in [0.1, 0.15) is 11.1 Å². The maximum absolute atomic E-state index is 12.3. The Hall–Kier alpha value is -2.00. The number of thioether (sulfide) groups is 1. The second kappa shape index (κ2) is 9.21. The Balaban J connectivity index is 1.68. The van der Waals surface area contributed by atoms with Crippen LogP contribution in [0.5, 0.6) is 17.2 Å². The Kier molecular flexibility index (Phi) is 6.89. The summed E-state index contributed by atoms with van der Waals surface area (Å²) in [6, 6.07) is 7.54. The Morgan fingerprint density at radius 1 is 1.21 bits per heavy atom. The number of benzene rings is 2. The first-order valence-electron chi connectivity index (χ1n) is 8.17. The van der Waals surface area contributed by atoms with E-state index in [9.17, 15) is 14.7 Å². The van der Waals surface area contributed by atoms with Gasteiger partial charge in [0.05, 0.1) is 27.9 Å². The van der Waals surface area contributed by atoms with Gasteiger partial charge in [-0.15, -0.1) is 11.8 Å². The van der Waals surface area contributed by atoms with E-state index >= 15 is 0 Å². The molecule has 1 atom stereocenters. The molecule has 0 radical (unpaired) electrons. The number of aromatic hydroxyl groups is 1. The fraction of sp³-hybridized carbons (Fsp3) is 0.222. The maximum atomic E-state index is 12.3. The highest BCUT2D eigenvalue weighted by Gasteiger charge is 2.34. The molecule has 1 aliphatic rings. The number of carbonyl (C=O) groups excluding carboxylic acids is 2. The van der Waals surface area contributed by atoms with Gasteiger partial charge in [-0.25, -0.2) is 5.01 Å². The lowest BCUT2D eigenvalue weighted by atomic mass is 10.2. The number of halogens is 3. The highest BCUT2D eigenvalue weighted by Crippen LogP contribution is 2.40. The van der Waals surface area contributed by atoms with Crippen LogP contribution in [0.15, 0.2) is 30.3 Å². The number of hydrogen-bond donors (Lipinski definition) is 2. The number of amides is 2. The van der Waals surface area contributed by atoms with Gasteiger partial charge in [0, 0.05) is 6.07 Å². The number of carbonyl (C=O) groups is 2. The summed E-state index contributed by atoms with van der Waals surface area (Å²) < 4.78 is 10.5. The van der Waals surface area contributed by atoms with E-state index in [1.807, 2.05) is 0 Å². The lowest BCUT2D eigenvalue weighted by Gasteiger charge is -2.25. The van der Waals surface area contributed by atoms with Crippen LogP contribution >= 0.6 is 46.6 Å². The smallest absolute Gasteiger partial charge is 0.276 e. The number of nitrogens with one attached hydrogen (secondary N) is 1. The molecule has 0 bridgehead atoms. The van der Waals surface area contributed by atoms with Crippen LogP contribution in [0.2, 0.25) is 15.1 Å². The molecule has 11 heteroatoms. The standard InChI is InChI=1S/C18H15Cl3N2O5S/c1-27-15-4-9(2-3-13(15)24)18-23(17(26)8-29-18)22-16(25)7-28-14-6-11(20)10(19)5-12(14)21/h2-6,18,24H,7-8H2,1H3,(H,22,25). The summed E-state index contributed by atoms with van der Waals surface area (Å²) in [5, 5.41) is 11.2. The van der Waals surface area contributed by atoms with Gasteiger partial charge in [0.25, 0.3) is 11.8 Å². The van der Waals surface area contributed by atoms with Crippen LogP contribution in [-0.2, 0) is 9.59 Å². The van der Waals surface area contributed by atoms with Crippen molar-refractivity contribution in [1.29, 1.82) is 0 Å². The topological polar surface area (TPSA) is 88.1 Å². The second-order valence-electron chi connectivity index (χ2n) is 5.88. The molecule has 2 N–H and O–H groups in total. The molecular formula is C18H15Cl3N2O5S. The molecule has 1 heterocycles. The zero-order valence-electron chi connectivity index (χ0n) is 14.9. The van der Waals surface area contributed by atoms with Crippen LogP contribution in [-0.4, -0.2) is 41.4 Å². The van der Waals surface area contributed by atoms with Crippen molar-refractivity contribution in [2.24, 2.45) is 0 Å². The SMILES string of the molecule is COc1cc(C2SCC(=O)N2NC(=O)COc2cc(Cl)c(Cl)cc2Cl)ccc1O. The quantitative estimate of drug-likeness (QED) is 0.611. The van der Waals surface area contributed by atoms with Gasteiger partial charge < -0.3 is 14.6 Å². The average molecular weight is 478 g/mol. The third-order valence-corrected chi connectivity index (χ3v) is 6.17. The Bertz CT molecular complexity index is 959. The molecular weight excluding hydrogens is 463 g/mol. The summed E-state index contributed by atoms with van der Waals surface area (Å²) in [5.41, 5.74) is 3.22. The second-order valence-corrected chi connectivity index (χ2v) is 8.17. The van der Waals surface area contributed by atoms with E-state index in [-0.39, 0.29) is 44.0 Å². The number of rotatable bonds is 6. The minimum absolute atomic E-state index is 0.0203. The third kappa shape index (κ3) is 4.95. The monoisotopic (exact) mass is 476 g/mol. The average Bonchev–Trinajstić information content (AvgIpc) is 3.04. The van der Waals surface area contributed by atoms with Crippen LogP contribution < -0.4 is 14.9 Å². The van der Waals surface area contributed by atoms with Crippen molar-refractivity contribution in [1.82, 2.24) is 10.4 Å². The van der Waals surface area contributed by atoms with Crippen LogP contribution in [0, 0.1) is 0 Å². The van der Waals surface area contributed by atoms with Gasteiger partial charge in [-0.1, -0.05) is 40.9 Å². The highest BCUT2D eigenvalue weighted by atomic mass is 35.5. The van der Waals surface area contributed by atoms with Gasteiger partial charge >= 0.3 is 0 Å². The fourth-order valence-electron chi connectivity index (χ4n) is 2.56. The van der Waals surface area contributed by atoms with Crippen LogP contribution in [0.25, 0.3) is 0 Å². The van der Waals surface area contributed by atoms with Crippen molar-refractivity contribution >= 4 is 58.4 Å². The first kappa shape index (κ1) is 21.7. The first-order valence-corrected chi connectivity index (χ1v) is 10.4. The van der Waals surface area contributed by atoms with Crippen LogP contribution in [0.3, 0.4) is 0 Å². The van der Waals surface area contributed by atoms with Crippen LogP contribution in [0.4, 0.5) is 0 Å². The molecule has 0 saturated carbocycles. The van der Waals surface area contributed by atoms with E-state index in [0.717, 1.165) is 0 Å². The molecule has 1 saturated heterocycles. The Morgan fingerprint density at radius 3 is 2.66 bits per heavy atom. The number of phenols is 1. The molecule has 0 aromatic heterocycles. The van der Waals surface area contributed by atoms with Gasteiger partial charge in [-0.2, -0.15) is 0 Å². The van der Waals surface area contributed by atoms with Crippen molar-refractivity contribution in [2.75, 3.05) is 19.5 Å². The number of nitrogens with zero attached hydrogens (tertiary/aromatic N) is 1. The van der Waals surface area contributed by atoms with Gasteiger partial charge in [0.15, 0.2) is 18.1 Å². The van der Waals surface area contributed by atoms with E-state index < -0.39 is 17.9 Å². The van der Waals surface area contributed by atoms with Gasteiger partial charge in [0.2, 0.25) is 0 Å². The lowest BCUT2D eigenvalue weighted by molar-refractivity contribution is -0.140. The number of hydrazine groups is 1. The van der Waals surface area contributed by atoms with Crippen molar-refractivity contribution < 1.29 is 24.2 Å². The summed E-state index contributed by atoms with van der Waals surface area (Å²) in [6.07, 6.45) is 0. The number of methoxy groups -OCH3 is 1. The van der Waals surface area contributed by atoms with E-state index in [4.69, 9.17) is 44.3 Å². The summed E-state index contributed by atoms with van der Waals surface area (Å²) in [4.78, 5) is 24.6. The molecule has 29 heavy (non-hydrogen) atoms. The van der Waals surface area contributed by atoms with Gasteiger partial charge in [-0.3, -0.25) is 15.0 Å². The molecule has 0 spiro atoms. The number of hydrogen-bond acceptors (Lipinski definition) is 6. The summed E-state index contributed by atoms with van der Waals surface area (Å²) in [7, 11) is 1.43. The van der Waals surface area contributed by atoms with Crippen molar-refractivity contribution in [3.05, 3.63) is 51.0 Å². The van der Waals surface area contributed by atoms with Crippen LogP contribution in [0.1, 0.15) is 10.9 Å². The summed E-state index contributed by atoms with van der Waals surface area (Å²) in [6.45, 7) is -0.391. The number of ether oxygens (including phenoxy) is 2. The predicted molar refractivity (Wildman–Crippen MR) is 112 cm³/mol. The normalized spacial score (nSPS) is 16.1. The molecule has 1 unspecified atom stereocenters. The zero-order chi connectivity index (χ0) is 21.1. The molecule has 0 aliphatic carbocycles. The van der Waals surface area contributed by atoms with E-state index in [0.29, 0.717) is 5.56 Å². The van der Waals surface area contributed by atoms with E-state index in [2.05, 4.69) is 5.43 Å². The fourth-order valence-corrected chi connectivity index (χ4v) is 4.25.